The molecule has 19 heavy (non-hydrogen) atoms. The zero-order valence-corrected chi connectivity index (χ0v) is 11.6. The molecule has 0 spiro atoms. The van der Waals surface area contributed by atoms with E-state index in [0.29, 0.717) is 6.04 Å². The van der Waals surface area contributed by atoms with Crippen molar-refractivity contribution < 1.29 is 0 Å². The smallest absolute Gasteiger partial charge is 0.0923 e. The normalized spacial score (nSPS) is 14.9. The Hall–Kier alpha value is -1.77. The number of nitrogens with one attached hydrogen (secondary N) is 1. The SMILES string of the molecule is CC(C)N(Cc1c[nH]cn1)c1ccc(C2CC2)cc1. The summed E-state index contributed by atoms with van der Waals surface area (Å²) in [6, 6.07) is 9.53. The quantitative estimate of drug-likeness (QED) is 0.883. The predicted molar refractivity (Wildman–Crippen MR) is 78.3 cm³/mol. The second kappa shape index (κ2) is 5.08. The molecule has 3 rings (SSSR count). The van der Waals surface area contributed by atoms with E-state index in [4.69, 9.17) is 0 Å². The number of hydrogen-bond acceptors (Lipinski definition) is 2. The van der Waals surface area contributed by atoms with Crippen LogP contribution in [0.4, 0.5) is 5.69 Å². The van der Waals surface area contributed by atoms with E-state index < -0.39 is 0 Å². The van der Waals surface area contributed by atoms with Crippen LogP contribution in [0.25, 0.3) is 0 Å². The summed E-state index contributed by atoms with van der Waals surface area (Å²) in [5, 5.41) is 0. The van der Waals surface area contributed by atoms with E-state index in [9.17, 15) is 0 Å². The van der Waals surface area contributed by atoms with Crippen LogP contribution in [0.2, 0.25) is 0 Å². The average Bonchev–Trinajstić information content (AvgIpc) is 3.13. The van der Waals surface area contributed by atoms with Gasteiger partial charge in [-0.1, -0.05) is 12.1 Å². The first-order valence-electron chi connectivity index (χ1n) is 7.08. The molecule has 1 fully saturated rings. The number of anilines is 1. The van der Waals surface area contributed by atoms with Gasteiger partial charge in [0.25, 0.3) is 0 Å². The van der Waals surface area contributed by atoms with Crippen LogP contribution in [0.5, 0.6) is 0 Å². The van der Waals surface area contributed by atoms with Gasteiger partial charge in [0.15, 0.2) is 0 Å². The van der Waals surface area contributed by atoms with E-state index in [1.807, 2.05) is 6.20 Å². The number of aromatic nitrogens is 2. The molecular weight excluding hydrogens is 234 g/mol. The van der Waals surface area contributed by atoms with E-state index in [-0.39, 0.29) is 0 Å². The summed E-state index contributed by atoms with van der Waals surface area (Å²) in [5.74, 6) is 0.827. The maximum atomic E-state index is 4.32. The zero-order valence-electron chi connectivity index (χ0n) is 11.6. The fraction of sp³-hybridized carbons (Fsp3) is 0.438. The standard InChI is InChI=1S/C16H21N3/c1-12(2)19(10-15-9-17-11-18-15)16-7-5-14(6-8-16)13-3-4-13/h5-9,11-13H,3-4,10H2,1-2H3,(H,17,18). The summed E-state index contributed by atoms with van der Waals surface area (Å²) in [7, 11) is 0. The highest BCUT2D eigenvalue weighted by Crippen LogP contribution is 2.40. The van der Waals surface area contributed by atoms with Crippen LogP contribution in [-0.2, 0) is 6.54 Å². The molecule has 1 heterocycles. The van der Waals surface area contributed by atoms with Gasteiger partial charge in [0, 0.05) is 17.9 Å². The van der Waals surface area contributed by atoms with E-state index in [1.165, 1.54) is 24.1 Å². The van der Waals surface area contributed by atoms with Crippen molar-refractivity contribution in [3.8, 4) is 0 Å². The Morgan fingerprint density at radius 2 is 2.00 bits per heavy atom. The van der Waals surface area contributed by atoms with Gasteiger partial charge in [0.1, 0.15) is 0 Å². The highest BCUT2D eigenvalue weighted by molar-refractivity contribution is 5.49. The lowest BCUT2D eigenvalue weighted by Crippen LogP contribution is -2.30. The molecule has 3 heteroatoms. The molecular formula is C16H21N3. The van der Waals surface area contributed by atoms with Crippen molar-refractivity contribution in [2.24, 2.45) is 0 Å². The molecule has 1 aliphatic rings. The molecule has 2 aromatic rings. The molecule has 0 unspecified atom stereocenters. The summed E-state index contributed by atoms with van der Waals surface area (Å²) in [5.41, 5.74) is 3.86. The number of imidazole rings is 1. The molecule has 0 saturated heterocycles. The molecule has 1 saturated carbocycles. The van der Waals surface area contributed by atoms with Gasteiger partial charge < -0.3 is 9.88 Å². The van der Waals surface area contributed by atoms with Crippen molar-refractivity contribution in [2.75, 3.05) is 4.90 Å². The number of nitrogens with zero attached hydrogens (tertiary/aromatic N) is 2. The second-order valence-corrected chi connectivity index (χ2v) is 5.65. The highest BCUT2D eigenvalue weighted by Gasteiger charge is 2.23. The molecule has 1 aromatic carbocycles. The third-order valence-corrected chi connectivity index (χ3v) is 3.78. The molecule has 0 radical (unpaired) electrons. The average molecular weight is 255 g/mol. The Kier molecular flexibility index (Phi) is 3.28. The highest BCUT2D eigenvalue weighted by atomic mass is 15.2. The molecule has 3 nitrogen and oxygen atoms in total. The lowest BCUT2D eigenvalue weighted by Gasteiger charge is -2.28. The zero-order chi connectivity index (χ0) is 13.2. The van der Waals surface area contributed by atoms with Crippen molar-refractivity contribution in [1.29, 1.82) is 0 Å². The van der Waals surface area contributed by atoms with E-state index in [2.05, 4.69) is 53.0 Å². The first-order chi connectivity index (χ1) is 9.24. The first kappa shape index (κ1) is 12.3. The first-order valence-corrected chi connectivity index (χ1v) is 7.08. The molecule has 0 atom stereocenters. The van der Waals surface area contributed by atoms with Crippen molar-refractivity contribution >= 4 is 5.69 Å². The van der Waals surface area contributed by atoms with Crippen molar-refractivity contribution in [3.63, 3.8) is 0 Å². The van der Waals surface area contributed by atoms with Crippen LogP contribution < -0.4 is 4.90 Å². The minimum Gasteiger partial charge on any atom is -0.363 e. The number of hydrogen-bond donors (Lipinski definition) is 1. The van der Waals surface area contributed by atoms with Gasteiger partial charge in [-0.05, 0) is 50.3 Å². The van der Waals surface area contributed by atoms with E-state index in [1.54, 1.807) is 6.33 Å². The van der Waals surface area contributed by atoms with Crippen molar-refractivity contribution in [2.45, 2.75) is 45.2 Å². The van der Waals surface area contributed by atoms with Crippen LogP contribution in [0.1, 0.15) is 43.9 Å². The third-order valence-electron chi connectivity index (χ3n) is 3.78. The van der Waals surface area contributed by atoms with Crippen molar-refractivity contribution in [3.05, 3.63) is 48.0 Å². The minimum absolute atomic E-state index is 0.462. The van der Waals surface area contributed by atoms with Crippen LogP contribution in [0.15, 0.2) is 36.8 Å². The fourth-order valence-corrected chi connectivity index (χ4v) is 2.48. The Balaban J connectivity index is 1.78. The number of rotatable bonds is 5. The summed E-state index contributed by atoms with van der Waals surface area (Å²) in [6.45, 7) is 5.30. The van der Waals surface area contributed by atoms with Gasteiger partial charge in [-0.3, -0.25) is 0 Å². The molecule has 0 amide bonds. The monoisotopic (exact) mass is 255 g/mol. The Morgan fingerprint density at radius 1 is 1.26 bits per heavy atom. The Bertz CT molecular complexity index is 509. The fourth-order valence-electron chi connectivity index (χ4n) is 2.48. The minimum atomic E-state index is 0.462. The maximum Gasteiger partial charge on any atom is 0.0923 e. The maximum absolute atomic E-state index is 4.32. The largest absolute Gasteiger partial charge is 0.363 e. The number of H-pyrrole nitrogens is 1. The molecule has 1 N–H and O–H groups in total. The summed E-state index contributed by atoms with van der Waals surface area (Å²) >= 11 is 0. The van der Waals surface area contributed by atoms with Gasteiger partial charge in [-0.15, -0.1) is 0 Å². The summed E-state index contributed by atoms with van der Waals surface area (Å²) in [4.78, 5) is 9.72. The lowest BCUT2D eigenvalue weighted by atomic mass is 10.1. The Labute approximate surface area is 114 Å². The molecule has 100 valence electrons. The number of aromatic amines is 1. The van der Waals surface area contributed by atoms with Gasteiger partial charge in [0.2, 0.25) is 0 Å². The lowest BCUT2D eigenvalue weighted by molar-refractivity contribution is 0.675. The third kappa shape index (κ3) is 2.80. The van der Waals surface area contributed by atoms with Crippen LogP contribution in [-0.4, -0.2) is 16.0 Å². The molecule has 0 aliphatic heterocycles. The van der Waals surface area contributed by atoms with E-state index in [0.717, 1.165) is 18.2 Å². The second-order valence-electron chi connectivity index (χ2n) is 5.65. The van der Waals surface area contributed by atoms with Crippen LogP contribution >= 0.6 is 0 Å². The van der Waals surface area contributed by atoms with Gasteiger partial charge in [-0.25, -0.2) is 4.98 Å². The molecule has 1 aromatic heterocycles. The molecule has 1 aliphatic carbocycles. The van der Waals surface area contributed by atoms with Crippen molar-refractivity contribution in [1.82, 2.24) is 9.97 Å². The molecule has 0 bridgehead atoms. The number of benzene rings is 1. The predicted octanol–water partition coefficient (Wildman–Crippen LogP) is 3.70. The van der Waals surface area contributed by atoms with Gasteiger partial charge in [0.05, 0.1) is 18.6 Å². The van der Waals surface area contributed by atoms with Crippen LogP contribution in [0.3, 0.4) is 0 Å². The van der Waals surface area contributed by atoms with Gasteiger partial charge >= 0.3 is 0 Å². The Morgan fingerprint density at radius 3 is 2.53 bits per heavy atom. The topological polar surface area (TPSA) is 31.9 Å². The summed E-state index contributed by atoms with van der Waals surface area (Å²) in [6.07, 6.45) is 6.43. The van der Waals surface area contributed by atoms with Crippen LogP contribution in [0, 0.1) is 0 Å². The summed E-state index contributed by atoms with van der Waals surface area (Å²) < 4.78 is 0. The van der Waals surface area contributed by atoms with E-state index >= 15 is 0 Å². The van der Waals surface area contributed by atoms with Gasteiger partial charge in [-0.2, -0.15) is 0 Å².